The predicted molar refractivity (Wildman–Crippen MR) is 137 cm³/mol. The van der Waals surface area contributed by atoms with E-state index in [-0.39, 0.29) is 18.0 Å². The number of para-hydroxylation sites is 2. The molecular weight excluding hydrogens is 440 g/mol. The number of amides is 2. The fourth-order valence-corrected chi connectivity index (χ4v) is 3.73. The molecule has 1 heterocycles. The van der Waals surface area contributed by atoms with Crippen LogP contribution in [0.5, 0.6) is 5.75 Å². The van der Waals surface area contributed by atoms with E-state index in [0.717, 1.165) is 10.9 Å². The first-order valence-electron chi connectivity index (χ1n) is 11.2. The molecule has 0 unspecified atom stereocenters. The van der Waals surface area contributed by atoms with E-state index in [4.69, 9.17) is 4.74 Å². The third kappa shape index (κ3) is 5.75. The van der Waals surface area contributed by atoms with Crippen molar-refractivity contribution in [1.82, 2.24) is 4.57 Å². The van der Waals surface area contributed by atoms with E-state index in [2.05, 4.69) is 10.6 Å². The average molecular weight is 465 g/mol. The van der Waals surface area contributed by atoms with Crippen LogP contribution in [0.2, 0.25) is 0 Å². The molecule has 0 fully saturated rings. The van der Waals surface area contributed by atoms with Gasteiger partial charge in [-0.05, 0) is 43.3 Å². The first-order chi connectivity index (χ1) is 17.1. The van der Waals surface area contributed by atoms with Crippen molar-refractivity contribution in [3.05, 3.63) is 96.2 Å². The number of anilines is 2. The van der Waals surface area contributed by atoms with E-state index in [9.17, 15) is 14.9 Å². The molecule has 0 spiro atoms. The summed E-state index contributed by atoms with van der Waals surface area (Å²) < 4.78 is 7.27. The van der Waals surface area contributed by atoms with Crippen LogP contribution in [0.15, 0.2) is 90.6 Å². The van der Waals surface area contributed by atoms with Crippen molar-refractivity contribution in [3.63, 3.8) is 0 Å². The Labute approximate surface area is 203 Å². The summed E-state index contributed by atoms with van der Waals surface area (Å²) in [6.45, 7) is 2.47. The maximum Gasteiger partial charge on any atom is 0.266 e. The van der Waals surface area contributed by atoms with Crippen LogP contribution in [0.1, 0.15) is 12.5 Å². The van der Waals surface area contributed by atoms with Gasteiger partial charge in [0.25, 0.3) is 5.91 Å². The number of carbonyl (C=O) groups excluding carboxylic acids is 2. The summed E-state index contributed by atoms with van der Waals surface area (Å²) in [5.74, 6) is -0.0793. The summed E-state index contributed by atoms with van der Waals surface area (Å²) in [6, 6.07) is 25.8. The molecule has 7 nitrogen and oxygen atoms in total. The van der Waals surface area contributed by atoms with Gasteiger partial charge in [0, 0.05) is 40.1 Å². The van der Waals surface area contributed by atoms with Gasteiger partial charge in [0.2, 0.25) is 5.91 Å². The van der Waals surface area contributed by atoms with Crippen LogP contribution in [0.3, 0.4) is 0 Å². The van der Waals surface area contributed by atoms with Crippen LogP contribution in [0, 0.1) is 11.3 Å². The number of hydrogen-bond acceptors (Lipinski definition) is 4. The van der Waals surface area contributed by atoms with Gasteiger partial charge in [-0.25, -0.2) is 0 Å². The number of ether oxygens (including phenoxy) is 1. The SMILES string of the molecule is CCOc1cccc(NC(=O)C(C#N)=Cc2cn(CC(=O)Nc3ccccc3)c3ccccc23)c1. The zero-order chi connectivity index (χ0) is 24.6. The fourth-order valence-electron chi connectivity index (χ4n) is 3.73. The lowest BCUT2D eigenvalue weighted by Gasteiger charge is -2.07. The minimum atomic E-state index is -0.528. The molecule has 4 aromatic rings. The molecule has 0 aliphatic heterocycles. The molecule has 0 aliphatic rings. The summed E-state index contributed by atoms with van der Waals surface area (Å²) >= 11 is 0. The van der Waals surface area contributed by atoms with Crippen molar-refractivity contribution in [2.45, 2.75) is 13.5 Å². The monoisotopic (exact) mass is 464 g/mol. The Balaban J connectivity index is 1.58. The van der Waals surface area contributed by atoms with Gasteiger partial charge in [0.05, 0.1) is 6.61 Å². The van der Waals surface area contributed by atoms with Gasteiger partial charge in [-0.2, -0.15) is 5.26 Å². The van der Waals surface area contributed by atoms with Gasteiger partial charge in [-0.1, -0.05) is 42.5 Å². The number of nitrogens with one attached hydrogen (secondary N) is 2. The highest BCUT2D eigenvalue weighted by Gasteiger charge is 2.14. The molecule has 4 rings (SSSR count). The summed E-state index contributed by atoms with van der Waals surface area (Å²) in [7, 11) is 0. The molecule has 0 aliphatic carbocycles. The highest BCUT2D eigenvalue weighted by molar-refractivity contribution is 6.11. The zero-order valence-electron chi connectivity index (χ0n) is 19.2. The number of nitriles is 1. The quantitative estimate of drug-likeness (QED) is 0.276. The first kappa shape index (κ1) is 23.3. The van der Waals surface area contributed by atoms with E-state index in [1.807, 2.05) is 67.6 Å². The number of rotatable bonds is 8. The summed E-state index contributed by atoms with van der Waals surface area (Å²) in [6.07, 6.45) is 3.31. The number of carbonyl (C=O) groups is 2. The smallest absolute Gasteiger partial charge is 0.266 e. The predicted octanol–water partition coefficient (Wildman–Crippen LogP) is 5.22. The van der Waals surface area contributed by atoms with Crippen molar-refractivity contribution in [1.29, 1.82) is 5.26 Å². The van der Waals surface area contributed by atoms with E-state index in [1.165, 1.54) is 6.08 Å². The molecule has 0 atom stereocenters. The molecule has 35 heavy (non-hydrogen) atoms. The normalized spacial score (nSPS) is 11.0. The zero-order valence-corrected chi connectivity index (χ0v) is 19.2. The Kier molecular flexibility index (Phi) is 7.24. The Morgan fingerprint density at radius 2 is 1.71 bits per heavy atom. The number of aromatic nitrogens is 1. The van der Waals surface area contributed by atoms with Crippen LogP contribution in [0.25, 0.3) is 17.0 Å². The molecule has 1 aromatic heterocycles. The molecule has 0 radical (unpaired) electrons. The van der Waals surface area contributed by atoms with Crippen LogP contribution < -0.4 is 15.4 Å². The van der Waals surface area contributed by atoms with Crippen LogP contribution in [-0.2, 0) is 16.1 Å². The van der Waals surface area contributed by atoms with Crippen LogP contribution >= 0.6 is 0 Å². The first-order valence-corrected chi connectivity index (χ1v) is 11.2. The number of hydrogen-bond donors (Lipinski definition) is 2. The topological polar surface area (TPSA) is 96.2 Å². The van der Waals surface area contributed by atoms with Crippen molar-refractivity contribution >= 4 is 40.2 Å². The minimum Gasteiger partial charge on any atom is -0.494 e. The average Bonchev–Trinajstić information content (AvgIpc) is 3.20. The van der Waals surface area contributed by atoms with Crippen LogP contribution in [-0.4, -0.2) is 23.0 Å². The summed E-state index contributed by atoms with van der Waals surface area (Å²) in [5, 5.41) is 16.1. The fraction of sp³-hybridized carbons (Fsp3) is 0.107. The lowest BCUT2D eigenvalue weighted by molar-refractivity contribution is -0.116. The molecule has 2 amide bonds. The molecule has 174 valence electrons. The van der Waals surface area contributed by atoms with E-state index < -0.39 is 5.91 Å². The van der Waals surface area contributed by atoms with E-state index in [0.29, 0.717) is 29.3 Å². The second kappa shape index (κ2) is 10.9. The van der Waals surface area contributed by atoms with Gasteiger partial charge in [0.1, 0.15) is 23.9 Å². The third-order valence-corrected chi connectivity index (χ3v) is 5.26. The molecule has 2 N–H and O–H groups in total. The number of benzene rings is 3. The second-order valence-corrected chi connectivity index (χ2v) is 7.73. The highest BCUT2D eigenvalue weighted by atomic mass is 16.5. The third-order valence-electron chi connectivity index (χ3n) is 5.26. The summed E-state index contributed by atoms with van der Waals surface area (Å²) in [4.78, 5) is 25.5. The van der Waals surface area contributed by atoms with E-state index >= 15 is 0 Å². The summed E-state index contributed by atoms with van der Waals surface area (Å²) in [5.41, 5.74) is 2.68. The van der Waals surface area contributed by atoms with Crippen LogP contribution in [0.4, 0.5) is 11.4 Å². The van der Waals surface area contributed by atoms with Crippen molar-refractivity contribution in [3.8, 4) is 11.8 Å². The van der Waals surface area contributed by atoms with Gasteiger partial charge < -0.3 is 19.9 Å². The van der Waals surface area contributed by atoms with Crippen molar-refractivity contribution in [2.75, 3.05) is 17.2 Å². The Morgan fingerprint density at radius 3 is 2.49 bits per heavy atom. The Hall–Kier alpha value is -4.83. The van der Waals surface area contributed by atoms with Gasteiger partial charge in [-0.15, -0.1) is 0 Å². The minimum absolute atomic E-state index is 0.0524. The van der Waals surface area contributed by atoms with E-state index in [1.54, 1.807) is 35.0 Å². The highest BCUT2D eigenvalue weighted by Crippen LogP contribution is 2.24. The molecule has 3 aromatic carbocycles. The molecule has 7 heteroatoms. The number of fused-ring (bicyclic) bond motifs is 1. The van der Waals surface area contributed by atoms with Crippen molar-refractivity contribution in [2.24, 2.45) is 0 Å². The lowest BCUT2D eigenvalue weighted by atomic mass is 10.1. The maximum atomic E-state index is 12.8. The van der Waals surface area contributed by atoms with Gasteiger partial charge in [0.15, 0.2) is 0 Å². The molecule has 0 saturated heterocycles. The standard InChI is InChI=1S/C28H24N4O3/c1-2-35-24-12-8-11-23(16-24)31-28(34)20(17-29)15-21-18-32(26-14-7-6-13-25(21)26)19-27(33)30-22-9-4-3-5-10-22/h3-16,18H,2,19H2,1H3,(H,30,33)(H,31,34). The Morgan fingerprint density at radius 1 is 0.971 bits per heavy atom. The number of nitrogens with zero attached hydrogens (tertiary/aromatic N) is 2. The molecule has 0 saturated carbocycles. The molecule has 0 bridgehead atoms. The van der Waals surface area contributed by atoms with Gasteiger partial charge in [-0.3, -0.25) is 9.59 Å². The second-order valence-electron chi connectivity index (χ2n) is 7.73. The van der Waals surface area contributed by atoms with Crippen molar-refractivity contribution < 1.29 is 14.3 Å². The Bertz CT molecular complexity index is 1430. The molecular formula is C28H24N4O3. The lowest BCUT2D eigenvalue weighted by Crippen LogP contribution is -2.18. The maximum absolute atomic E-state index is 12.8. The van der Waals surface area contributed by atoms with Gasteiger partial charge >= 0.3 is 0 Å². The largest absolute Gasteiger partial charge is 0.494 e.